The average Bonchev–Trinajstić information content (AvgIpc) is 3.13. The van der Waals surface area contributed by atoms with E-state index in [1.165, 1.54) is 0 Å². The number of rotatable bonds is 9. The summed E-state index contributed by atoms with van der Waals surface area (Å²) in [6, 6.07) is 24.7. The Bertz CT molecular complexity index is 1140. The monoisotopic (exact) mass is 458 g/mol. The van der Waals surface area contributed by atoms with Gasteiger partial charge in [0.25, 0.3) is 11.8 Å². The summed E-state index contributed by atoms with van der Waals surface area (Å²) in [6.07, 6.45) is -0.129. The number of hydrogen-bond acceptors (Lipinski definition) is 5. The minimum atomic E-state index is -0.736. The van der Waals surface area contributed by atoms with Crippen molar-refractivity contribution in [2.45, 2.75) is 19.4 Å². The first-order valence-corrected chi connectivity index (χ1v) is 11.2. The number of carbonyl (C=O) groups excluding carboxylic acids is 3. The second-order valence-electron chi connectivity index (χ2n) is 8.23. The number of fused-ring (bicyclic) bond motifs is 1. The molecule has 7 nitrogen and oxygen atoms in total. The standard InChI is InChI=1S/C27H26N2O5/c1-18(19-11-13-21(14-12-19)20-7-3-2-4-8-20)34-17-22(25(30)28-33)15-16-29-26(31)23-9-5-6-10-24(23)27(29)32/h2-14,18,22,33H,15-17H2,1H3,(H,28,30). The van der Waals surface area contributed by atoms with Crippen LogP contribution < -0.4 is 5.48 Å². The molecule has 0 aliphatic carbocycles. The zero-order valence-corrected chi connectivity index (χ0v) is 18.8. The summed E-state index contributed by atoms with van der Waals surface area (Å²) in [6.45, 7) is 1.96. The molecule has 3 aromatic rings. The van der Waals surface area contributed by atoms with E-state index in [1.54, 1.807) is 29.7 Å². The Labute approximate surface area is 197 Å². The summed E-state index contributed by atoms with van der Waals surface area (Å²) >= 11 is 0. The molecule has 2 unspecified atom stereocenters. The van der Waals surface area contributed by atoms with Crippen molar-refractivity contribution in [3.63, 3.8) is 0 Å². The van der Waals surface area contributed by atoms with Crippen molar-refractivity contribution in [2.24, 2.45) is 5.92 Å². The van der Waals surface area contributed by atoms with E-state index in [9.17, 15) is 14.4 Å². The maximum absolute atomic E-state index is 12.6. The van der Waals surface area contributed by atoms with Gasteiger partial charge in [0.05, 0.1) is 29.8 Å². The van der Waals surface area contributed by atoms with Gasteiger partial charge < -0.3 is 4.74 Å². The number of carbonyl (C=O) groups is 3. The number of nitrogens with zero attached hydrogens (tertiary/aromatic N) is 1. The number of nitrogens with one attached hydrogen (secondary N) is 1. The van der Waals surface area contributed by atoms with E-state index in [1.807, 2.05) is 61.5 Å². The Morgan fingerprint density at radius 1 is 0.882 bits per heavy atom. The fourth-order valence-electron chi connectivity index (χ4n) is 4.04. The third kappa shape index (κ3) is 4.90. The molecule has 0 saturated carbocycles. The minimum Gasteiger partial charge on any atom is -0.373 e. The van der Waals surface area contributed by atoms with E-state index < -0.39 is 11.8 Å². The van der Waals surface area contributed by atoms with Crippen LogP contribution in [0.5, 0.6) is 0 Å². The third-order valence-electron chi connectivity index (χ3n) is 6.09. The highest BCUT2D eigenvalue weighted by Gasteiger charge is 2.35. The molecule has 2 N–H and O–H groups in total. The first-order valence-electron chi connectivity index (χ1n) is 11.2. The second-order valence-corrected chi connectivity index (χ2v) is 8.23. The van der Waals surface area contributed by atoms with Gasteiger partial charge in [-0.05, 0) is 42.2 Å². The third-order valence-corrected chi connectivity index (χ3v) is 6.09. The lowest BCUT2D eigenvalue weighted by Gasteiger charge is -2.21. The lowest BCUT2D eigenvalue weighted by atomic mass is 10.0. The number of benzene rings is 3. The SMILES string of the molecule is CC(OCC(CCN1C(=O)c2ccccc2C1=O)C(=O)NO)c1ccc(-c2ccccc2)cc1. The van der Waals surface area contributed by atoms with Crippen molar-refractivity contribution in [3.05, 3.63) is 95.6 Å². The highest BCUT2D eigenvalue weighted by molar-refractivity contribution is 6.21. The van der Waals surface area contributed by atoms with E-state index in [4.69, 9.17) is 9.94 Å². The Balaban J connectivity index is 1.36. The lowest BCUT2D eigenvalue weighted by Crippen LogP contribution is -2.37. The summed E-state index contributed by atoms with van der Waals surface area (Å²) in [4.78, 5) is 38.5. The molecular weight excluding hydrogens is 432 g/mol. The summed E-state index contributed by atoms with van der Waals surface area (Å²) in [5.74, 6) is -2.11. The van der Waals surface area contributed by atoms with Gasteiger partial charge in [-0.1, -0.05) is 66.7 Å². The van der Waals surface area contributed by atoms with Gasteiger partial charge >= 0.3 is 0 Å². The Kier molecular flexibility index (Phi) is 7.15. The molecule has 0 fully saturated rings. The first kappa shape index (κ1) is 23.4. The molecular formula is C27H26N2O5. The Hall–Kier alpha value is -3.81. The van der Waals surface area contributed by atoms with Gasteiger partial charge in [-0.3, -0.25) is 24.5 Å². The number of amides is 3. The summed E-state index contributed by atoms with van der Waals surface area (Å²) in [5.41, 5.74) is 5.54. The molecule has 174 valence electrons. The van der Waals surface area contributed by atoms with E-state index in [2.05, 4.69) is 0 Å². The molecule has 1 aliphatic rings. The van der Waals surface area contributed by atoms with Gasteiger partial charge in [-0.25, -0.2) is 5.48 Å². The van der Waals surface area contributed by atoms with Crippen molar-refractivity contribution in [1.29, 1.82) is 0 Å². The number of imide groups is 1. The quantitative estimate of drug-likeness (QED) is 0.284. The molecule has 34 heavy (non-hydrogen) atoms. The predicted octanol–water partition coefficient (Wildman–Crippen LogP) is 4.24. The van der Waals surface area contributed by atoms with Gasteiger partial charge in [0.2, 0.25) is 5.91 Å². The van der Waals surface area contributed by atoms with Crippen LogP contribution in [0.1, 0.15) is 45.7 Å². The molecule has 0 spiro atoms. The second kappa shape index (κ2) is 10.4. The summed E-state index contributed by atoms with van der Waals surface area (Å²) in [7, 11) is 0. The molecule has 0 radical (unpaired) electrons. The minimum absolute atomic E-state index is 0.0250. The van der Waals surface area contributed by atoms with Crippen molar-refractivity contribution in [1.82, 2.24) is 10.4 Å². The molecule has 3 amide bonds. The van der Waals surface area contributed by atoms with Crippen LogP contribution in [-0.2, 0) is 9.53 Å². The van der Waals surface area contributed by atoms with Crippen molar-refractivity contribution < 1.29 is 24.3 Å². The summed E-state index contributed by atoms with van der Waals surface area (Å²) < 4.78 is 5.93. The molecule has 0 bridgehead atoms. The topological polar surface area (TPSA) is 95.9 Å². The Morgan fingerprint density at radius 2 is 1.44 bits per heavy atom. The largest absolute Gasteiger partial charge is 0.373 e. The molecule has 7 heteroatoms. The molecule has 3 aromatic carbocycles. The molecule has 0 aromatic heterocycles. The van der Waals surface area contributed by atoms with Crippen molar-refractivity contribution in [3.8, 4) is 11.1 Å². The van der Waals surface area contributed by atoms with Crippen LogP contribution in [0.2, 0.25) is 0 Å². The first-order chi connectivity index (χ1) is 16.5. The maximum Gasteiger partial charge on any atom is 0.261 e. The average molecular weight is 459 g/mol. The van der Waals surface area contributed by atoms with Gasteiger partial charge in [-0.15, -0.1) is 0 Å². The van der Waals surface area contributed by atoms with E-state index in [0.29, 0.717) is 11.1 Å². The molecule has 2 atom stereocenters. The van der Waals surface area contributed by atoms with Crippen LogP contribution in [0.15, 0.2) is 78.9 Å². The van der Waals surface area contributed by atoms with Gasteiger partial charge in [-0.2, -0.15) is 0 Å². The normalized spacial score (nSPS) is 14.6. The number of ether oxygens (including phenoxy) is 1. The zero-order chi connectivity index (χ0) is 24.1. The van der Waals surface area contributed by atoms with Crippen LogP contribution in [0, 0.1) is 5.92 Å². The molecule has 0 saturated heterocycles. The van der Waals surface area contributed by atoms with Crippen LogP contribution in [0.25, 0.3) is 11.1 Å². The molecule has 1 heterocycles. The highest BCUT2D eigenvalue weighted by Crippen LogP contribution is 2.26. The van der Waals surface area contributed by atoms with Crippen LogP contribution in [0.3, 0.4) is 0 Å². The predicted molar refractivity (Wildman–Crippen MR) is 126 cm³/mol. The lowest BCUT2D eigenvalue weighted by molar-refractivity contribution is -0.136. The van der Waals surface area contributed by atoms with E-state index >= 15 is 0 Å². The van der Waals surface area contributed by atoms with Crippen LogP contribution in [-0.4, -0.2) is 41.0 Å². The molecule has 4 rings (SSSR count). The van der Waals surface area contributed by atoms with Gasteiger partial charge in [0.15, 0.2) is 0 Å². The molecule has 1 aliphatic heterocycles. The van der Waals surface area contributed by atoms with Gasteiger partial charge in [0, 0.05) is 6.54 Å². The fourth-order valence-corrected chi connectivity index (χ4v) is 4.04. The smallest absolute Gasteiger partial charge is 0.261 e. The van der Waals surface area contributed by atoms with Crippen molar-refractivity contribution >= 4 is 17.7 Å². The maximum atomic E-state index is 12.6. The highest BCUT2D eigenvalue weighted by atomic mass is 16.5. The number of hydrogen-bond donors (Lipinski definition) is 2. The van der Waals surface area contributed by atoms with Crippen LogP contribution >= 0.6 is 0 Å². The Morgan fingerprint density at radius 3 is 2.03 bits per heavy atom. The zero-order valence-electron chi connectivity index (χ0n) is 18.8. The number of hydroxylamine groups is 1. The van der Waals surface area contributed by atoms with Gasteiger partial charge in [0.1, 0.15) is 0 Å². The van der Waals surface area contributed by atoms with Crippen molar-refractivity contribution in [2.75, 3.05) is 13.2 Å². The van der Waals surface area contributed by atoms with E-state index in [0.717, 1.165) is 21.6 Å². The van der Waals surface area contributed by atoms with Crippen LogP contribution in [0.4, 0.5) is 0 Å². The fraction of sp³-hybridized carbons (Fsp3) is 0.222. The summed E-state index contributed by atoms with van der Waals surface area (Å²) in [5, 5.41) is 9.16. The van der Waals surface area contributed by atoms with E-state index in [-0.39, 0.29) is 37.5 Å².